The van der Waals surface area contributed by atoms with E-state index in [4.69, 9.17) is 9.47 Å². The van der Waals surface area contributed by atoms with Crippen LogP contribution in [-0.2, 0) is 14.3 Å². The molecule has 0 aromatic carbocycles. The lowest BCUT2D eigenvalue weighted by atomic mass is 9.45. The van der Waals surface area contributed by atoms with Crippen LogP contribution in [0.25, 0.3) is 0 Å². The van der Waals surface area contributed by atoms with Crippen LogP contribution in [0.15, 0.2) is 11.6 Å². The molecule has 11 atom stereocenters. The summed E-state index contributed by atoms with van der Waals surface area (Å²) in [5.41, 5.74) is -1.88. The summed E-state index contributed by atoms with van der Waals surface area (Å²) in [5.74, 6) is -0.879. The Kier molecular flexibility index (Phi) is 6.62. The molecule has 1 heterocycles. The number of carbonyl (C=O) groups excluding carboxylic acids is 1. The average Bonchev–Trinajstić information content (AvgIpc) is 3.23. The lowest BCUT2D eigenvalue weighted by Crippen LogP contribution is -2.62. The van der Waals surface area contributed by atoms with Gasteiger partial charge in [0.1, 0.15) is 0 Å². The van der Waals surface area contributed by atoms with Crippen molar-refractivity contribution in [3.8, 4) is 0 Å². The number of allylic oxidation sites excluding steroid dienone is 1. The van der Waals surface area contributed by atoms with Crippen LogP contribution < -0.4 is 0 Å². The van der Waals surface area contributed by atoms with Gasteiger partial charge in [-0.05, 0) is 107 Å². The summed E-state index contributed by atoms with van der Waals surface area (Å²) >= 11 is 0. The number of ketones is 1. The molecule has 5 rings (SSSR count). The Bertz CT molecular complexity index is 962. The Morgan fingerprint density at radius 1 is 1.05 bits per heavy atom. The van der Waals surface area contributed by atoms with Crippen LogP contribution in [0, 0.1) is 34.5 Å². The molecule has 7 nitrogen and oxygen atoms in total. The summed E-state index contributed by atoms with van der Waals surface area (Å²) in [7, 11) is 0. The molecule has 0 unspecified atom stereocenters. The summed E-state index contributed by atoms with van der Waals surface area (Å²) in [4.78, 5) is 13.4. The van der Waals surface area contributed by atoms with Gasteiger partial charge in [0.2, 0.25) is 0 Å². The summed E-state index contributed by atoms with van der Waals surface area (Å²) in [6.45, 7) is 12.5. The SMILES string of the molecule is C[C@H](CO)CC[C@H]1OC(C)(C)O[C@@]1(C)[C@H]1CC[C@@]2(O)C3=CC(=O)[C@@H]4C[C@@H](O)[C@@H](O)C[C@]4(C)[C@H]3CC[C@]12C. The molecule has 5 aliphatic rings. The fourth-order valence-electron chi connectivity index (χ4n) is 9.54. The Morgan fingerprint density at radius 2 is 1.76 bits per heavy atom. The number of hydrogen-bond acceptors (Lipinski definition) is 7. The number of aliphatic hydroxyl groups is 4. The molecule has 210 valence electrons. The molecule has 0 radical (unpaired) electrons. The highest BCUT2D eigenvalue weighted by Gasteiger charge is 2.71. The number of carbonyl (C=O) groups is 1. The van der Waals surface area contributed by atoms with Gasteiger partial charge in [0, 0.05) is 17.9 Å². The predicted octanol–water partition coefficient (Wildman–Crippen LogP) is 3.51. The van der Waals surface area contributed by atoms with Gasteiger partial charge in [0.15, 0.2) is 11.6 Å². The van der Waals surface area contributed by atoms with Gasteiger partial charge in [-0.1, -0.05) is 20.8 Å². The van der Waals surface area contributed by atoms with Crippen molar-refractivity contribution in [2.24, 2.45) is 34.5 Å². The van der Waals surface area contributed by atoms with Crippen molar-refractivity contribution < 1.29 is 34.7 Å². The highest BCUT2D eigenvalue weighted by Crippen LogP contribution is 2.69. The first-order chi connectivity index (χ1) is 17.1. The van der Waals surface area contributed by atoms with Gasteiger partial charge in [-0.2, -0.15) is 0 Å². The maximum atomic E-state index is 13.4. The van der Waals surface area contributed by atoms with Crippen molar-refractivity contribution in [3.05, 3.63) is 11.6 Å². The zero-order valence-corrected chi connectivity index (χ0v) is 23.5. The van der Waals surface area contributed by atoms with Crippen LogP contribution >= 0.6 is 0 Å². The Balaban J connectivity index is 1.50. The lowest BCUT2D eigenvalue weighted by molar-refractivity contribution is -0.191. The van der Waals surface area contributed by atoms with Gasteiger partial charge in [0.25, 0.3) is 0 Å². The first kappa shape index (κ1) is 27.7. The second kappa shape index (κ2) is 8.84. The topological polar surface area (TPSA) is 116 Å². The van der Waals surface area contributed by atoms with Crippen LogP contribution in [0.5, 0.6) is 0 Å². The number of hydrogen-bond donors (Lipinski definition) is 4. The molecular formula is C30H48O7. The predicted molar refractivity (Wildman–Crippen MR) is 138 cm³/mol. The largest absolute Gasteiger partial charge is 0.396 e. The van der Waals surface area contributed by atoms with Crippen molar-refractivity contribution in [3.63, 3.8) is 0 Å². The number of aliphatic hydroxyl groups excluding tert-OH is 3. The Labute approximate surface area is 221 Å². The molecule has 4 fully saturated rings. The summed E-state index contributed by atoms with van der Waals surface area (Å²) in [5, 5.41) is 43.0. The highest BCUT2D eigenvalue weighted by atomic mass is 16.8. The molecule has 3 saturated carbocycles. The van der Waals surface area contributed by atoms with Gasteiger partial charge in [-0.15, -0.1) is 0 Å². The van der Waals surface area contributed by atoms with Gasteiger partial charge >= 0.3 is 0 Å². The zero-order valence-electron chi connectivity index (χ0n) is 23.5. The van der Waals surface area contributed by atoms with E-state index in [1.165, 1.54) is 0 Å². The van der Waals surface area contributed by atoms with Gasteiger partial charge in [-0.3, -0.25) is 4.79 Å². The van der Waals surface area contributed by atoms with Crippen molar-refractivity contribution in [2.75, 3.05) is 6.61 Å². The molecule has 0 spiro atoms. The minimum atomic E-state index is -1.13. The minimum absolute atomic E-state index is 0.000342. The normalized spacial score (nSPS) is 51.7. The lowest BCUT2D eigenvalue weighted by Gasteiger charge is -2.60. The van der Waals surface area contributed by atoms with E-state index in [-0.39, 0.29) is 48.6 Å². The maximum absolute atomic E-state index is 13.4. The minimum Gasteiger partial charge on any atom is -0.396 e. The van der Waals surface area contributed by atoms with E-state index in [0.29, 0.717) is 12.8 Å². The van der Waals surface area contributed by atoms with E-state index in [9.17, 15) is 25.2 Å². The van der Waals surface area contributed by atoms with Crippen LogP contribution in [0.2, 0.25) is 0 Å². The molecule has 0 bridgehead atoms. The van der Waals surface area contributed by atoms with Gasteiger partial charge < -0.3 is 29.9 Å². The van der Waals surface area contributed by atoms with Gasteiger partial charge in [0.05, 0.1) is 29.5 Å². The second-order valence-corrected chi connectivity index (χ2v) is 14.3. The third kappa shape index (κ3) is 3.93. The maximum Gasteiger partial charge on any atom is 0.164 e. The van der Waals surface area contributed by atoms with Crippen molar-refractivity contribution in [1.82, 2.24) is 0 Å². The summed E-state index contributed by atoms with van der Waals surface area (Å²) in [6.07, 6.45) is 5.05. The first-order valence-electron chi connectivity index (χ1n) is 14.4. The van der Waals surface area contributed by atoms with E-state index in [0.717, 1.165) is 37.7 Å². The third-order valence-corrected chi connectivity index (χ3v) is 11.6. The third-order valence-electron chi connectivity index (χ3n) is 11.6. The first-order valence-corrected chi connectivity index (χ1v) is 14.4. The molecule has 7 heteroatoms. The van der Waals surface area contributed by atoms with E-state index < -0.39 is 40.0 Å². The molecule has 4 N–H and O–H groups in total. The molecule has 1 saturated heterocycles. The van der Waals surface area contributed by atoms with E-state index in [2.05, 4.69) is 20.8 Å². The number of ether oxygens (including phenoxy) is 2. The van der Waals surface area contributed by atoms with Crippen LogP contribution in [0.4, 0.5) is 0 Å². The molecule has 4 aliphatic carbocycles. The van der Waals surface area contributed by atoms with E-state index in [1.807, 2.05) is 20.8 Å². The monoisotopic (exact) mass is 520 g/mol. The van der Waals surface area contributed by atoms with Crippen LogP contribution in [0.3, 0.4) is 0 Å². The zero-order chi connectivity index (χ0) is 27.2. The van der Waals surface area contributed by atoms with Crippen LogP contribution in [-0.4, -0.2) is 68.1 Å². The fourth-order valence-corrected chi connectivity index (χ4v) is 9.54. The van der Waals surface area contributed by atoms with Crippen molar-refractivity contribution >= 4 is 5.78 Å². The molecule has 0 amide bonds. The smallest absolute Gasteiger partial charge is 0.164 e. The van der Waals surface area contributed by atoms with Crippen molar-refractivity contribution in [2.45, 2.75) is 128 Å². The molecule has 0 aromatic rings. The standard InChI is InChI=1S/C30H48O7/c1-17(16-31)7-8-25-29(6,37-26(2,3)36-25)24-10-12-30(35)19-13-21(32)20-14-22(33)23(34)15-27(20,4)18(19)9-11-28(24,30)5/h13,17-18,20,22-25,31,33-35H,7-12,14-16H2,1-6H3/t17-,18-,20-,22+,23-,24-,25+,27+,28+,29-,30+/m0/s1. The average molecular weight is 521 g/mol. The highest BCUT2D eigenvalue weighted by molar-refractivity contribution is 5.95. The Hall–Kier alpha value is -0.830. The summed E-state index contributed by atoms with van der Waals surface area (Å²) < 4.78 is 13.2. The molecular weight excluding hydrogens is 472 g/mol. The number of rotatable bonds is 5. The Morgan fingerprint density at radius 3 is 2.43 bits per heavy atom. The van der Waals surface area contributed by atoms with E-state index >= 15 is 0 Å². The second-order valence-electron chi connectivity index (χ2n) is 14.3. The van der Waals surface area contributed by atoms with Gasteiger partial charge in [-0.25, -0.2) is 0 Å². The quantitative estimate of drug-likeness (QED) is 0.438. The van der Waals surface area contributed by atoms with Crippen molar-refractivity contribution in [1.29, 1.82) is 0 Å². The molecule has 37 heavy (non-hydrogen) atoms. The van der Waals surface area contributed by atoms with Crippen LogP contribution in [0.1, 0.15) is 92.9 Å². The van der Waals surface area contributed by atoms with E-state index in [1.54, 1.807) is 6.08 Å². The molecule has 0 aromatic heterocycles. The number of fused-ring (bicyclic) bond motifs is 5. The molecule has 1 aliphatic heterocycles. The fraction of sp³-hybridized carbons (Fsp3) is 0.900. The summed E-state index contributed by atoms with van der Waals surface area (Å²) in [6, 6.07) is 0.